The molecule has 4 nitrogen and oxygen atoms in total. The van der Waals surface area contributed by atoms with Crippen molar-refractivity contribution in [1.82, 2.24) is 0 Å². The molecule has 5 rings (SSSR count). The van der Waals surface area contributed by atoms with Gasteiger partial charge < -0.3 is 10.0 Å². The van der Waals surface area contributed by atoms with Crippen LogP contribution in [0.1, 0.15) is 45.0 Å². The fourth-order valence-electron chi connectivity index (χ4n) is 4.69. The van der Waals surface area contributed by atoms with Crippen LogP contribution in [0.2, 0.25) is 0 Å². The molecule has 3 aromatic carbocycles. The van der Waals surface area contributed by atoms with Crippen LogP contribution in [-0.4, -0.2) is 17.0 Å². The molecule has 0 unspecified atom stereocenters. The molecule has 1 aliphatic heterocycles. The SMILES string of the molecule is Cc1ccc([C@H]2C[C@]23C(=O)N(Cc2cccc(C(=O)O)c2)c2ccccc23)cc1. The normalized spacial score (nSPS) is 22.0. The number of aryl methyl sites for hydroxylation is 1. The minimum absolute atomic E-state index is 0.116. The summed E-state index contributed by atoms with van der Waals surface area (Å²) in [5, 5.41) is 9.27. The molecular formula is C25H21NO3. The van der Waals surface area contributed by atoms with Crippen molar-refractivity contribution in [1.29, 1.82) is 0 Å². The number of rotatable bonds is 4. The molecule has 4 heteroatoms. The summed E-state index contributed by atoms with van der Waals surface area (Å²) < 4.78 is 0. The van der Waals surface area contributed by atoms with Crippen molar-refractivity contribution in [3.63, 3.8) is 0 Å². The minimum atomic E-state index is -0.960. The number of carbonyl (C=O) groups is 2. The molecule has 1 amide bonds. The highest BCUT2D eigenvalue weighted by Gasteiger charge is 2.66. The van der Waals surface area contributed by atoms with Crippen molar-refractivity contribution in [2.45, 2.75) is 31.2 Å². The van der Waals surface area contributed by atoms with Crippen LogP contribution in [0.15, 0.2) is 72.8 Å². The molecule has 0 radical (unpaired) electrons. The Bertz CT molecular complexity index is 1130. The monoisotopic (exact) mass is 383 g/mol. The molecule has 1 aliphatic carbocycles. The van der Waals surface area contributed by atoms with Gasteiger partial charge in [0.2, 0.25) is 5.91 Å². The largest absolute Gasteiger partial charge is 0.478 e. The quantitative estimate of drug-likeness (QED) is 0.713. The van der Waals surface area contributed by atoms with Gasteiger partial charge in [-0.3, -0.25) is 4.79 Å². The van der Waals surface area contributed by atoms with Gasteiger partial charge in [-0.25, -0.2) is 4.79 Å². The van der Waals surface area contributed by atoms with Crippen molar-refractivity contribution in [3.05, 3.63) is 101 Å². The van der Waals surface area contributed by atoms with E-state index in [9.17, 15) is 14.7 Å². The van der Waals surface area contributed by atoms with Gasteiger partial charge in [0, 0.05) is 11.6 Å². The summed E-state index contributed by atoms with van der Waals surface area (Å²) in [5.41, 5.74) is 5.00. The van der Waals surface area contributed by atoms with Gasteiger partial charge in [0.15, 0.2) is 0 Å². The third-order valence-electron chi connectivity index (χ3n) is 6.26. The summed E-state index contributed by atoms with van der Waals surface area (Å²) in [6, 6.07) is 23.3. The summed E-state index contributed by atoms with van der Waals surface area (Å²) in [7, 11) is 0. The number of aromatic carboxylic acids is 1. The number of anilines is 1. The standard InChI is InChI=1S/C25H21NO3/c1-16-9-11-18(12-10-16)21-14-25(21)20-7-2-3-8-22(20)26(24(25)29)15-17-5-4-6-19(13-17)23(27)28/h2-13,21H,14-15H2,1H3,(H,27,28)/t21-,25-/m1/s1. The Morgan fingerprint density at radius 3 is 2.59 bits per heavy atom. The lowest BCUT2D eigenvalue weighted by molar-refractivity contribution is -0.120. The van der Waals surface area contributed by atoms with Crippen molar-refractivity contribution < 1.29 is 14.7 Å². The van der Waals surface area contributed by atoms with E-state index < -0.39 is 11.4 Å². The molecule has 1 fully saturated rings. The molecule has 1 N–H and O–H groups in total. The zero-order valence-corrected chi connectivity index (χ0v) is 16.1. The van der Waals surface area contributed by atoms with Gasteiger partial charge in [-0.1, -0.05) is 60.2 Å². The summed E-state index contributed by atoms with van der Waals surface area (Å²) >= 11 is 0. The summed E-state index contributed by atoms with van der Waals surface area (Å²) in [4.78, 5) is 26.8. The molecule has 1 heterocycles. The highest BCUT2D eigenvalue weighted by atomic mass is 16.4. The molecular weight excluding hydrogens is 362 g/mol. The zero-order chi connectivity index (χ0) is 20.2. The highest BCUT2D eigenvalue weighted by molar-refractivity contribution is 6.11. The number of hydrogen-bond donors (Lipinski definition) is 1. The van der Waals surface area contributed by atoms with Crippen LogP contribution < -0.4 is 4.90 Å². The second-order valence-corrected chi connectivity index (χ2v) is 8.05. The van der Waals surface area contributed by atoms with Gasteiger partial charge in [-0.2, -0.15) is 0 Å². The number of hydrogen-bond acceptors (Lipinski definition) is 2. The molecule has 1 spiro atoms. The van der Waals surface area contributed by atoms with Crippen molar-refractivity contribution in [2.24, 2.45) is 0 Å². The number of carboxylic acids is 1. The Kier molecular flexibility index (Phi) is 3.85. The lowest BCUT2D eigenvalue weighted by atomic mass is 9.92. The van der Waals surface area contributed by atoms with Gasteiger partial charge in [-0.05, 0) is 48.2 Å². The summed E-state index contributed by atoms with van der Waals surface area (Å²) in [6.45, 7) is 2.44. The number of benzene rings is 3. The van der Waals surface area contributed by atoms with E-state index in [1.54, 1.807) is 18.2 Å². The van der Waals surface area contributed by atoms with Crippen molar-refractivity contribution in [3.8, 4) is 0 Å². The number of amides is 1. The van der Waals surface area contributed by atoms with Gasteiger partial charge in [0.05, 0.1) is 17.5 Å². The third kappa shape index (κ3) is 2.67. The van der Waals surface area contributed by atoms with Crippen LogP contribution in [0.25, 0.3) is 0 Å². The number of carbonyl (C=O) groups excluding carboxylic acids is 1. The Balaban J connectivity index is 1.51. The zero-order valence-electron chi connectivity index (χ0n) is 16.1. The van der Waals surface area contributed by atoms with Crippen molar-refractivity contribution >= 4 is 17.6 Å². The summed E-state index contributed by atoms with van der Waals surface area (Å²) in [6.07, 6.45) is 0.817. The first-order valence-corrected chi connectivity index (χ1v) is 9.81. The third-order valence-corrected chi connectivity index (χ3v) is 6.26. The molecule has 144 valence electrons. The van der Waals surface area contributed by atoms with Gasteiger partial charge in [0.1, 0.15) is 0 Å². The Morgan fingerprint density at radius 1 is 1.07 bits per heavy atom. The van der Waals surface area contributed by atoms with Crippen LogP contribution in [0.3, 0.4) is 0 Å². The Morgan fingerprint density at radius 2 is 1.83 bits per heavy atom. The predicted octanol–water partition coefficient (Wildman–Crippen LogP) is 4.67. The van der Waals surface area contributed by atoms with E-state index >= 15 is 0 Å². The van der Waals surface area contributed by atoms with Crippen LogP contribution in [-0.2, 0) is 16.8 Å². The van der Waals surface area contributed by atoms with Crippen molar-refractivity contribution in [2.75, 3.05) is 4.90 Å². The number of fused-ring (bicyclic) bond motifs is 2. The Hall–Kier alpha value is -3.40. The molecule has 29 heavy (non-hydrogen) atoms. The molecule has 0 saturated heterocycles. The van der Waals surface area contributed by atoms with Crippen LogP contribution in [0, 0.1) is 6.92 Å². The summed E-state index contributed by atoms with van der Waals surface area (Å²) in [5.74, 6) is -0.657. The number of para-hydroxylation sites is 1. The maximum Gasteiger partial charge on any atom is 0.335 e. The number of nitrogens with zero attached hydrogens (tertiary/aromatic N) is 1. The average molecular weight is 383 g/mol. The topological polar surface area (TPSA) is 57.6 Å². The van der Waals surface area contributed by atoms with E-state index in [-0.39, 0.29) is 17.4 Å². The predicted molar refractivity (Wildman–Crippen MR) is 111 cm³/mol. The molecule has 2 atom stereocenters. The lowest BCUT2D eigenvalue weighted by Crippen LogP contribution is -2.32. The molecule has 3 aromatic rings. The molecule has 0 aromatic heterocycles. The van der Waals surface area contributed by atoms with E-state index in [1.807, 2.05) is 29.2 Å². The van der Waals surface area contributed by atoms with E-state index in [1.165, 1.54) is 11.1 Å². The lowest BCUT2D eigenvalue weighted by Gasteiger charge is -2.19. The molecule has 1 saturated carbocycles. The fourth-order valence-corrected chi connectivity index (χ4v) is 4.69. The first-order chi connectivity index (χ1) is 14.0. The van der Waals surface area contributed by atoms with E-state index in [2.05, 4.69) is 37.3 Å². The second kappa shape index (κ2) is 6.31. The van der Waals surface area contributed by atoms with Crippen LogP contribution in [0.4, 0.5) is 5.69 Å². The van der Waals surface area contributed by atoms with Gasteiger partial charge in [-0.15, -0.1) is 0 Å². The molecule has 2 aliphatic rings. The maximum atomic E-state index is 13.6. The first-order valence-electron chi connectivity index (χ1n) is 9.81. The Labute approximate surface area is 169 Å². The highest BCUT2D eigenvalue weighted by Crippen LogP contribution is 2.66. The average Bonchev–Trinajstić information content (AvgIpc) is 3.44. The number of carboxylic acid groups (broad SMARTS) is 1. The first kappa shape index (κ1) is 17.7. The van der Waals surface area contributed by atoms with E-state index in [4.69, 9.17) is 0 Å². The fraction of sp³-hybridized carbons (Fsp3) is 0.200. The van der Waals surface area contributed by atoms with E-state index in [0.717, 1.165) is 23.2 Å². The minimum Gasteiger partial charge on any atom is -0.478 e. The second-order valence-electron chi connectivity index (χ2n) is 8.05. The van der Waals surface area contributed by atoms with Crippen LogP contribution in [0.5, 0.6) is 0 Å². The smallest absolute Gasteiger partial charge is 0.335 e. The molecule has 0 bridgehead atoms. The van der Waals surface area contributed by atoms with Gasteiger partial charge >= 0.3 is 5.97 Å². The van der Waals surface area contributed by atoms with E-state index in [0.29, 0.717) is 6.54 Å². The maximum absolute atomic E-state index is 13.6. The van der Waals surface area contributed by atoms with Crippen LogP contribution >= 0.6 is 0 Å². The van der Waals surface area contributed by atoms with Gasteiger partial charge in [0.25, 0.3) is 0 Å².